The van der Waals surface area contributed by atoms with E-state index in [1.807, 2.05) is 0 Å². The smallest absolute Gasteiger partial charge is 0.0598 e. The van der Waals surface area contributed by atoms with Crippen LogP contribution in [-0.4, -0.2) is 12.2 Å². The molecule has 2 fully saturated rings. The third-order valence-electron chi connectivity index (χ3n) is 3.61. The topological polar surface area (TPSA) is 9.23 Å². The van der Waals surface area contributed by atoms with Crippen LogP contribution in [0.15, 0.2) is 0 Å². The summed E-state index contributed by atoms with van der Waals surface area (Å²) in [5.41, 5.74) is 0.869. The van der Waals surface area contributed by atoms with Gasteiger partial charge in [-0.1, -0.05) is 6.42 Å². The van der Waals surface area contributed by atoms with Crippen LogP contribution in [0.25, 0.3) is 0 Å². The van der Waals surface area contributed by atoms with Crippen molar-refractivity contribution in [1.29, 1.82) is 0 Å². The molecule has 1 nitrogen and oxygen atoms in total. The highest BCUT2D eigenvalue weighted by Gasteiger charge is 2.47. The monoisotopic (exact) mass is 182 g/mol. The minimum absolute atomic E-state index is 0.0579. The van der Waals surface area contributed by atoms with Gasteiger partial charge in [-0.3, -0.25) is 0 Å². The molecule has 0 N–H and O–H groups in total. The molecular weight excluding hydrogens is 160 g/mol. The molecule has 0 radical (unpaired) electrons. The van der Waals surface area contributed by atoms with Crippen molar-refractivity contribution in [1.82, 2.24) is 0 Å². The van der Waals surface area contributed by atoms with E-state index < -0.39 is 0 Å². The fraction of sp³-hybridized carbons (Fsp3) is 1.00. The molecule has 0 amide bonds. The van der Waals surface area contributed by atoms with Gasteiger partial charge in [-0.25, -0.2) is 0 Å². The van der Waals surface area contributed by atoms with Crippen molar-refractivity contribution in [3.63, 3.8) is 0 Å². The molecule has 0 atom stereocenters. The zero-order valence-corrected chi connectivity index (χ0v) is 9.23. The van der Waals surface area contributed by atoms with Crippen LogP contribution in [-0.2, 0) is 4.74 Å². The Balaban J connectivity index is 1.64. The van der Waals surface area contributed by atoms with Crippen molar-refractivity contribution in [2.75, 3.05) is 6.61 Å². The molecule has 0 aromatic rings. The molecule has 13 heavy (non-hydrogen) atoms. The molecule has 0 heterocycles. The quantitative estimate of drug-likeness (QED) is 0.636. The second kappa shape index (κ2) is 2.98. The SMILES string of the molecule is CC(C)(C)OCC1CC2(CCC2)C1. The van der Waals surface area contributed by atoms with Gasteiger partial charge in [0.05, 0.1) is 12.2 Å². The number of ether oxygens (including phenoxy) is 1. The van der Waals surface area contributed by atoms with E-state index in [2.05, 4.69) is 20.8 Å². The molecule has 0 aliphatic heterocycles. The molecule has 2 aliphatic rings. The summed E-state index contributed by atoms with van der Waals surface area (Å²) in [6.45, 7) is 7.42. The molecule has 0 saturated heterocycles. The van der Waals surface area contributed by atoms with Crippen LogP contribution >= 0.6 is 0 Å². The Bertz CT molecular complexity index is 178. The third kappa shape index (κ3) is 2.07. The zero-order chi connectivity index (χ0) is 9.53. The average Bonchev–Trinajstić information content (AvgIpc) is 1.77. The number of hydrogen-bond donors (Lipinski definition) is 0. The summed E-state index contributed by atoms with van der Waals surface area (Å²) >= 11 is 0. The van der Waals surface area contributed by atoms with Crippen molar-refractivity contribution in [2.45, 2.75) is 58.5 Å². The first-order valence-corrected chi connectivity index (χ1v) is 5.63. The van der Waals surface area contributed by atoms with Crippen molar-refractivity contribution in [2.24, 2.45) is 11.3 Å². The Morgan fingerprint density at radius 1 is 1.23 bits per heavy atom. The Kier molecular flexibility index (Phi) is 2.18. The van der Waals surface area contributed by atoms with Crippen LogP contribution in [0.4, 0.5) is 0 Å². The van der Waals surface area contributed by atoms with Gasteiger partial charge < -0.3 is 4.74 Å². The van der Waals surface area contributed by atoms with Gasteiger partial charge in [0.1, 0.15) is 0 Å². The van der Waals surface area contributed by atoms with E-state index in [0.717, 1.165) is 17.9 Å². The fourth-order valence-corrected chi connectivity index (χ4v) is 2.74. The standard InChI is InChI=1S/C12H22O/c1-11(2,3)13-9-10-7-12(8-10)5-4-6-12/h10H,4-9H2,1-3H3. The fourth-order valence-electron chi connectivity index (χ4n) is 2.74. The van der Waals surface area contributed by atoms with E-state index in [1.165, 1.54) is 32.1 Å². The highest BCUT2D eigenvalue weighted by molar-refractivity contribution is 4.98. The van der Waals surface area contributed by atoms with Crippen LogP contribution in [0, 0.1) is 11.3 Å². The predicted octanol–water partition coefficient (Wildman–Crippen LogP) is 3.38. The third-order valence-corrected chi connectivity index (χ3v) is 3.61. The van der Waals surface area contributed by atoms with Gasteiger partial charge in [0, 0.05) is 0 Å². The Labute approximate surface area is 81.9 Å². The van der Waals surface area contributed by atoms with Gasteiger partial charge in [0.25, 0.3) is 0 Å². The number of hydrogen-bond acceptors (Lipinski definition) is 1. The molecule has 2 aliphatic carbocycles. The Morgan fingerprint density at radius 3 is 2.23 bits per heavy atom. The summed E-state index contributed by atoms with van der Waals surface area (Å²) in [5, 5.41) is 0. The van der Waals surface area contributed by atoms with Crippen molar-refractivity contribution >= 4 is 0 Å². The van der Waals surface area contributed by atoms with Gasteiger partial charge in [0.2, 0.25) is 0 Å². The summed E-state index contributed by atoms with van der Waals surface area (Å²) in [4.78, 5) is 0. The van der Waals surface area contributed by atoms with Crippen LogP contribution < -0.4 is 0 Å². The molecule has 1 spiro atoms. The summed E-state index contributed by atoms with van der Waals surface area (Å²) in [5.74, 6) is 0.875. The van der Waals surface area contributed by atoms with Crippen LogP contribution in [0.1, 0.15) is 52.9 Å². The predicted molar refractivity (Wildman–Crippen MR) is 54.7 cm³/mol. The molecule has 0 aromatic heterocycles. The summed E-state index contributed by atoms with van der Waals surface area (Å²) in [6.07, 6.45) is 7.37. The highest BCUT2D eigenvalue weighted by Crippen LogP contribution is 2.58. The van der Waals surface area contributed by atoms with Crippen LogP contribution in [0.2, 0.25) is 0 Å². The molecule has 2 saturated carbocycles. The molecule has 0 aromatic carbocycles. The molecule has 1 heteroatoms. The van der Waals surface area contributed by atoms with Gasteiger partial charge >= 0.3 is 0 Å². The second-order valence-electron chi connectivity index (χ2n) is 6.05. The lowest BCUT2D eigenvalue weighted by atomic mass is 9.52. The van der Waals surface area contributed by atoms with Crippen molar-refractivity contribution in [3.05, 3.63) is 0 Å². The Hall–Kier alpha value is -0.0400. The molecule has 0 unspecified atom stereocenters. The van der Waals surface area contributed by atoms with E-state index in [-0.39, 0.29) is 5.60 Å². The minimum atomic E-state index is 0.0579. The summed E-state index contributed by atoms with van der Waals surface area (Å²) in [7, 11) is 0. The second-order valence-corrected chi connectivity index (χ2v) is 6.05. The lowest BCUT2D eigenvalue weighted by Crippen LogP contribution is -2.45. The Morgan fingerprint density at radius 2 is 1.85 bits per heavy atom. The van der Waals surface area contributed by atoms with Crippen molar-refractivity contribution < 1.29 is 4.74 Å². The maximum Gasteiger partial charge on any atom is 0.0598 e. The molecule has 2 rings (SSSR count). The van der Waals surface area contributed by atoms with E-state index in [4.69, 9.17) is 4.74 Å². The lowest BCUT2D eigenvalue weighted by Gasteiger charge is -2.54. The molecule has 76 valence electrons. The first-order valence-electron chi connectivity index (χ1n) is 5.63. The van der Waals surface area contributed by atoms with E-state index in [0.29, 0.717) is 0 Å². The summed E-state index contributed by atoms with van der Waals surface area (Å²) in [6, 6.07) is 0. The van der Waals surface area contributed by atoms with Crippen LogP contribution in [0.5, 0.6) is 0 Å². The van der Waals surface area contributed by atoms with Gasteiger partial charge in [-0.2, -0.15) is 0 Å². The largest absolute Gasteiger partial charge is 0.376 e. The lowest BCUT2D eigenvalue weighted by molar-refractivity contribution is -0.0959. The van der Waals surface area contributed by atoms with E-state index in [9.17, 15) is 0 Å². The minimum Gasteiger partial charge on any atom is -0.376 e. The maximum absolute atomic E-state index is 5.80. The van der Waals surface area contributed by atoms with Crippen LogP contribution in [0.3, 0.4) is 0 Å². The van der Waals surface area contributed by atoms with Gasteiger partial charge in [-0.05, 0) is 57.8 Å². The van der Waals surface area contributed by atoms with Crippen molar-refractivity contribution in [3.8, 4) is 0 Å². The van der Waals surface area contributed by atoms with Gasteiger partial charge in [0.15, 0.2) is 0 Å². The zero-order valence-electron chi connectivity index (χ0n) is 9.23. The molecular formula is C12H22O. The average molecular weight is 182 g/mol. The number of rotatable bonds is 2. The van der Waals surface area contributed by atoms with E-state index >= 15 is 0 Å². The van der Waals surface area contributed by atoms with E-state index in [1.54, 1.807) is 0 Å². The first kappa shape index (κ1) is 9.51. The highest BCUT2D eigenvalue weighted by atomic mass is 16.5. The summed E-state index contributed by atoms with van der Waals surface area (Å²) < 4.78 is 5.80. The normalized spacial score (nSPS) is 27.0. The van der Waals surface area contributed by atoms with Gasteiger partial charge in [-0.15, -0.1) is 0 Å². The molecule has 0 bridgehead atoms. The maximum atomic E-state index is 5.80. The first-order chi connectivity index (χ1) is 5.99.